The fourth-order valence-corrected chi connectivity index (χ4v) is 2.31. The van der Waals surface area contributed by atoms with Crippen LogP contribution in [0.1, 0.15) is 39.5 Å². The Balaban J connectivity index is 2.39. The lowest BCUT2D eigenvalue weighted by atomic mass is 9.85. The maximum Gasteiger partial charge on any atom is 0.308 e. The molecule has 0 aromatic carbocycles. The van der Waals surface area contributed by atoms with E-state index >= 15 is 0 Å². The van der Waals surface area contributed by atoms with Crippen molar-refractivity contribution in [3.8, 4) is 0 Å². The Hall–Kier alpha value is -0.570. The minimum Gasteiger partial charge on any atom is -0.469 e. The molecule has 1 fully saturated rings. The highest BCUT2D eigenvalue weighted by atomic mass is 16.5. The summed E-state index contributed by atoms with van der Waals surface area (Å²) in [5.41, 5.74) is 0. The zero-order valence-corrected chi connectivity index (χ0v) is 10.3. The van der Waals surface area contributed by atoms with E-state index in [1.54, 1.807) is 0 Å². The van der Waals surface area contributed by atoms with Gasteiger partial charge < -0.3 is 9.64 Å². The highest BCUT2D eigenvalue weighted by molar-refractivity contribution is 5.72. The van der Waals surface area contributed by atoms with Crippen molar-refractivity contribution in [3.05, 3.63) is 0 Å². The highest BCUT2D eigenvalue weighted by Gasteiger charge is 2.29. The minimum atomic E-state index is -0.0272. The molecule has 88 valence electrons. The number of carbonyl (C=O) groups is 1. The minimum absolute atomic E-state index is 0.0272. The Labute approximate surface area is 92.8 Å². The molecule has 1 aliphatic rings. The molecule has 15 heavy (non-hydrogen) atoms. The predicted octanol–water partition coefficient (Wildman–Crippen LogP) is 2.06. The van der Waals surface area contributed by atoms with Crippen molar-refractivity contribution < 1.29 is 9.53 Å². The molecule has 3 heteroatoms. The van der Waals surface area contributed by atoms with Crippen LogP contribution in [0.4, 0.5) is 0 Å². The molecule has 0 radical (unpaired) electrons. The molecule has 1 aliphatic carbocycles. The molecule has 0 amide bonds. The van der Waals surface area contributed by atoms with Crippen molar-refractivity contribution in [2.45, 2.75) is 51.6 Å². The second-order valence-electron chi connectivity index (χ2n) is 4.79. The second kappa shape index (κ2) is 5.50. The van der Waals surface area contributed by atoms with Gasteiger partial charge in [0.1, 0.15) is 0 Å². The predicted molar refractivity (Wildman–Crippen MR) is 60.7 cm³/mol. The number of esters is 1. The molecule has 1 rings (SSSR count). The van der Waals surface area contributed by atoms with E-state index in [0.29, 0.717) is 12.1 Å². The highest BCUT2D eigenvalue weighted by Crippen LogP contribution is 2.28. The molecule has 0 unspecified atom stereocenters. The fraction of sp³-hybridized carbons (Fsp3) is 0.917. The zero-order valence-electron chi connectivity index (χ0n) is 10.3. The summed E-state index contributed by atoms with van der Waals surface area (Å²) in [6.07, 6.45) is 4.20. The normalized spacial score (nSPS) is 27.1. The largest absolute Gasteiger partial charge is 0.469 e. The Kier molecular flexibility index (Phi) is 4.58. The molecule has 0 saturated heterocycles. The van der Waals surface area contributed by atoms with Gasteiger partial charge in [-0.1, -0.05) is 0 Å². The standard InChI is InChI=1S/C12H23NO2/c1-9(2)13(3)11-7-5-10(6-8-11)12(14)15-4/h9-11H,5-8H2,1-4H3. The maximum absolute atomic E-state index is 11.3. The Morgan fingerprint density at radius 1 is 1.27 bits per heavy atom. The average Bonchev–Trinajstić information content (AvgIpc) is 2.27. The summed E-state index contributed by atoms with van der Waals surface area (Å²) < 4.78 is 4.78. The first-order valence-corrected chi connectivity index (χ1v) is 5.86. The summed E-state index contributed by atoms with van der Waals surface area (Å²) in [6, 6.07) is 1.23. The summed E-state index contributed by atoms with van der Waals surface area (Å²) in [5.74, 6) is 0.118. The van der Waals surface area contributed by atoms with Crippen LogP contribution in [0.5, 0.6) is 0 Å². The number of hydrogen-bond donors (Lipinski definition) is 0. The molecule has 3 nitrogen and oxygen atoms in total. The third-order valence-corrected chi connectivity index (χ3v) is 3.62. The maximum atomic E-state index is 11.3. The molecular weight excluding hydrogens is 190 g/mol. The van der Waals surface area contributed by atoms with Crippen LogP contribution in [-0.2, 0) is 9.53 Å². The smallest absolute Gasteiger partial charge is 0.308 e. The van der Waals surface area contributed by atoms with Gasteiger partial charge in [-0.15, -0.1) is 0 Å². The SMILES string of the molecule is COC(=O)C1CCC(N(C)C(C)C)CC1. The summed E-state index contributed by atoms with van der Waals surface area (Å²) in [6.45, 7) is 4.43. The molecule has 0 bridgehead atoms. The van der Waals surface area contributed by atoms with Gasteiger partial charge in [0.15, 0.2) is 0 Å². The van der Waals surface area contributed by atoms with E-state index < -0.39 is 0 Å². The number of methoxy groups -OCH3 is 1. The van der Waals surface area contributed by atoms with Gasteiger partial charge in [-0.3, -0.25) is 4.79 Å². The number of ether oxygens (including phenoxy) is 1. The zero-order chi connectivity index (χ0) is 11.4. The van der Waals surface area contributed by atoms with Gasteiger partial charge in [0, 0.05) is 12.1 Å². The third-order valence-electron chi connectivity index (χ3n) is 3.62. The molecular formula is C12H23NO2. The van der Waals surface area contributed by atoms with Crippen molar-refractivity contribution in [2.24, 2.45) is 5.92 Å². The molecule has 0 N–H and O–H groups in total. The van der Waals surface area contributed by atoms with Gasteiger partial charge in [0.2, 0.25) is 0 Å². The van der Waals surface area contributed by atoms with Gasteiger partial charge in [-0.25, -0.2) is 0 Å². The van der Waals surface area contributed by atoms with E-state index in [9.17, 15) is 4.79 Å². The van der Waals surface area contributed by atoms with Crippen LogP contribution in [-0.4, -0.2) is 37.1 Å². The van der Waals surface area contributed by atoms with Crippen LogP contribution >= 0.6 is 0 Å². The molecule has 1 saturated carbocycles. The van der Waals surface area contributed by atoms with Crippen molar-refractivity contribution >= 4 is 5.97 Å². The van der Waals surface area contributed by atoms with E-state index in [2.05, 4.69) is 25.8 Å². The first-order valence-electron chi connectivity index (χ1n) is 5.86. The van der Waals surface area contributed by atoms with Crippen molar-refractivity contribution in [1.29, 1.82) is 0 Å². The molecule has 0 atom stereocenters. The molecule has 0 spiro atoms. The number of rotatable bonds is 3. The topological polar surface area (TPSA) is 29.5 Å². The number of hydrogen-bond acceptors (Lipinski definition) is 3. The van der Waals surface area contributed by atoms with Gasteiger partial charge in [0.05, 0.1) is 13.0 Å². The Morgan fingerprint density at radius 3 is 2.20 bits per heavy atom. The van der Waals surface area contributed by atoms with Crippen LogP contribution in [0, 0.1) is 5.92 Å². The third kappa shape index (κ3) is 3.20. The van der Waals surface area contributed by atoms with Gasteiger partial charge in [0.25, 0.3) is 0 Å². The lowest BCUT2D eigenvalue weighted by Gasteiger charge is -2.36. The molecule has 0 aliphatic heterocycles. The van der Waals surface area contributed by atoms with E-state index in [0.717, 1.165) is 25.7 Å². The van der Waals surface area contributed by atoms with Crippen molar-refractivity contribution in [3.63, 3.8) is 0 Å². The number of carbonyl (C=O) groups excluding carboxylic acids is 1. The molecule has 0 aromatic heterocycles. The monoisotopic (exact) mass is 213 g/mol. The Bertz CT molecular complexity index is 208. The second-order valence-corrected chi connectivity index (χ2v) is 4.79. The van der Waals surface area contributed by atoms with E-state index in [1.807, 2.05) is 0 Å². The van der Waals surface area contributed by atoms with Gasteiger partial charge in [-0.05, 0) is 46.6 Å². The van der Waals surface area contributed by atoms with Crippen LogP contribution < -0.4 is 0 Å². The summed E-state index contributed by atoms with van der Waals surface area (Å²) in [7, 11) is 3.66. The van der Waals surface area contributed by atoms with Crippen molar-refractivity contribution in [2.75, 3.05) is 14.2 Å². The number of nitrogens with zero attached hydrogens (tertiary/aromatic N) is 1. The lowest BCUT2D eigenvalue weighted by Crippen LogP contribution is -2.40. The Morgan fingerprint density at radius 2 is 1.80 bits per heavy atom. The van der Waals surface area contributed by atoms with E-state index in [-0.39, 0.29) is 11.9 Å². The molecule has 0 heterocycles. The lowest BCUT2D eigenvalue weighted by molar-refractivity contribution is -0.146. The van der Waals surface area contributed by atoms with Crippen LogP contribution in [0.25, 0.3) is 0 Å². The van der Waals surface area contributed by atoms with Gasteiger partial charge in [-0.2, -0.15) is 0 Å². The molecule has 0 aromatic rings. The summed E-state index contributed by atoms with van der Waals surface area (Å²) in [4.78, 5) is 13.8. The van der Waals surface area contributed by atoms with E-state index in [4.69, 9.17) is 4.74 Å². The summed E-state index contributed by atoms with van der Waals surface area (Å²) >= 11 is 0. The first-order chi connectivity index (χ1) is 7.06. The van der Waals surface area contributed by atoms with E-state index in [1.165, 1.54) is 7.11 Å². The van der Waals surface area contributed by atoms with Gasteiger partial charge >= 0.3 is 5.97 Å². The average molecular weight is 213 g/mol. The first kappa shape index (κ1) is 12.5. The van der Waals surface area contributed by atoms with Crippen molar-refractivity contribution in [1.82, 2.24) is 4.90 Å². The fourth-order valence-electron chi connectivity index (χ4n) is 2.31. The van der Waals surface area contributed by atoms with Crippen LogP contribution in [0.15, 0.2) is 0 Å². The quantitative estimate of drug-likeness (QED) is 0.672. The summed E-state index contributed by atoms with van der Waals surface area (Å²) in [5, 5.41) is 0. The van der Waals surface area contributed by atoms with Crippen LogP contribution in [0.2, 0.25) is 0 Å². The van der Waals surface area contributed by atoms with Crippen LogP contribution in [0.3, 0.4) is 0 Å².